The number of hydrogen-bond donors (Lipinski definition) is 1. The molecule has 6 nitrogen and oxygen atoms in total. The van der Waals surface area contributed by atoms with Gasteiger partial charge in [0.15, 0.2) is 0 Å². The van der Waals surface area contributed by atoms with Gasteiger partial charge in [-0.15, -0.1) is 0 Å². The SMILES string of the molecule is Cc1ncccc1NS(=O)(=O)c1ccc(C#N)nc1. The summed E-state index contributed by atoms with van der Waals surface area (Å²) in [5.41, 5.74) is 1.15. The number of hydrogen-bond acceptors (Lipinski definition) is 5. The maximum Gasteiger partial charge on any atom is 0.263 e. The van der Waals surface area contributed by atoms with Crippen molar-refractivity contribution in [2.45, 2.75) is 11.8 Å². The van der Waals surface area contributed by atoms with Crippen molar-refractivity contribution in [2.24, 2.45) is 0 Å². The summed E-state index contributed by atoms with van der Waals surface area (Å²) < 4.78 is 26.6. The molecule has 0 aromatic carbocycles. The van der Waals surface area contributed by atoms with E-state index >= 15 is 0 Å². The molecule has 2 aromatic heterocycles. The van der Waals surface area contributed by atoms with E-state index in [0.29, 0.717) is 11.4 Å². The van der Waals surface area contributed by atoms with Gasteiger partial charge in [0.25, 0.3) is 10.0 Å². The fraction of sp³-hybridized carbons (Fsp3) is 0.0833. The van der Waals surface area contributed by atoms with Gasteiger partial charge in [0.2, 0.25) is 0 Å². The first kappa shape index (κ1) is 13.0. The van der Waals surface area contributed by atoms with Gasteiger partial charge in [0.1, 0.15) is 16.7 Å². The molecule has 1 N–H and O–H groups in total. The lowest BCUT2D eigenvalue weighted by Gasteiger charge is -2.09. The third kappa shape index (κ3) is 2.86. The molecule has 0 aliphatic carbocycles. The summed E-state index contributed by atoms with van der Waals surface area (Å²) in [6, 6.07) is 7.78. The fourth-order valence-corrected chi connectivity index (χ4v) is 2.46. The van der Waals surface area contributed by atoms with Crippen LogP contribution >= 0.6 is 0 Å². The van der Waals surface area contributed by atoms with Crippen LogP contribution in [0.1, 0.15) is 11.4 Å². The van der Waals surface area contributed by atoms with Crippen LogP contribution in [0.4, 0.5) is 5.69 Å². The lowest BCUT2D eigenvalue weighted by atomic mass is 10.3. The summed E-state index contributed by atoms with van der Waals surface area (Å²) in [5.74, 6) is 0. The van der Waals surface area contributed by atoms with Gasteiger partial charge in [-0.1, -0.05) is 0 Å². The highest BCUT2D eigenvalue weighted by Gasteiger charge is 2.15. The first-order chi connectivity index (χ1) is 9.03. The quantitative estimate of drug-likeness (QED) is 0.914. The van der Waals surface area contributed by atoms with Crippen LogP contribution in [-0.2, 0) is 10.0 Å². The standard InChI is InChI=1S/C12H10N4O2S/c1-9-12(3-2-6-14-9)16-19(17,18)11-5-4-10(7-13)15-8-11/h2-6,8,16H,1H3. The van der Waals surface area contributed by atoms with Crippen molar-refractivity contribution in [2.75, 3.05) is 4.72 Å². The summed E-state index contributed by atoms with van der Waals surface area (Å²) in [5, 5.41) is 8.62. The number of pyridine rings is 2. The number of nitrogens with zero attached hydrogens (tertiary/aromatic N) is 3. The fourth-order valence-electron chi connectivity index (χ4n) is 1.40. The molecule has 2 aromatic rings. The van der Waals surface area contributed by atoms with Gasteiger partial charge in [-0.3, -0.25) is 9.71 Å². The van der Waals surface area contributed by atoms with Crippen molar-refractivity contribution in [3.8, 4) is 6.07 Å². The van der Waals surface area contributed by atoms with Crippen LogP contribution in [0.2, 0.25) is 0 Å². The maximum atomic E-state index is 12.1. The molecule has 7 heteroatoms. The molecule has 19 heavy (non-hydrogen) atoms. The molecule has 96 valence electrons. The molecule has 0 unspecified atom stereocenters. The van der Waals surface area contributed by atoms with Crippen molar-refractivity contribution >= 4 is 15.7 Å². The highest BCUT2D eigenvalue weighted by molar-refractivity contribution is 7.92. The first-order valence-corrected chi connectivity index (χ1v) is 6.82. The predicted octanol–water partition coefficient (Wildman–Crippen LogP) is 1.46. The molecule has 0 spiro atoms. The Balaban J connectivity index is 2.33. The largest absolute Gasteiger partial charge is 0.278 e. The van der Waals surface area contributed by atoms with E-state index in [1.807, 2.05) is 6.07 Å². The Labute approximate surface area is 110 Å². The zero-order valence-corrected chi connectivity index (χ0v) is 10.8. The van der Waals surface area contributed by atoms with Gasteiger partial charge in [-0.25, -0.2) is 13.4 Å². The lowest BCUT2D eigenvalue weighted by Crippen LogP contribution is -2.14. The van der Waals surface area contributed by atoms with Crippen molar-refractivity contribution in [1.82, 2.24) is 9.97 Å². The van der Waals surface area contributed by atoms with E-state index in [0.717, 1.165) is 6.20 Å². The number of sulfonamides is 1. The van der Waals surface area contributed by atoms with Crippen LogP contribution in [-0.4, -0.2) is 18.4 Å². The summed E-state index contributed by atoms with van der Waals surface area (Å²) in [7, 11) is -3.72. The minimum Gasteiger partial charge on any atom is -0.278 e. The molecule has 0 aliphatic rings. The number of nitrogens with one attached hydrogen (secondary N) is 1. The molecule has 0 radical (unpaired) electrons. The molecule has 0 saturated carbocycles. The molecular weight excluding hydrogens is 264 g/mol. The molecule has 0 amide bonds. The average Bonchev–Trinajstić information content (AvgIpc) is 2.41. The first-order valence-electron chi connectivity index (χ1n) is 5.33. The number of aromatic nitrogens is 2. The van der Waals surface area contributed by atoms with E-state index in [2.05, 4.69) is 14.7 Å². The van der Waals surface area contributed by atoms with Crippen LogP contribution in [0.25, 0.3) is 0 Å². The lowest BCUT2D eigenvalue weighted by molar-refractivity contribution is 0.600. The van der Waals surface area contributed by atoms with Crippen molar-refractivity contribution in [3.05, 3.63) is 48.0 Å². The van der Waals surface area contributed by atoms with Crippen LogP contribution in [0.15, 0.2) is 41.6 Å². The van der Waals surface area contributed by atoms with Crippen molar-refractivity contribution in [1.29, 1.82) is 5.26 Å². The van der Waals surface area contributed by atoms with Crippen molar-refractivity contribution in [3.63, 3.8) is 0 Å². The number of nitriles is 1. The monoisotopic (exact) mass is 274 g/mol. The molecule has 0 saturated heterocycles. The molecule has 0 aliphatic heterocycles. The van der Waals surface area contributed by atoms with Gasteiger partial charge < -0.3 is 0 Å². The highest BCUT2D eigenvalue weighted by atomic mass is 32.2. The predicted molar refractivity (Wildman–Crippen MR) is 68.7 cm³/mol. The maximum absolute atomic E-state index is 12.1. The second kappa shape index (κ2) is 5.04. The second-order valence-electron chi connectivity index (χ2n) is 3.73. The van der Waals surface area contributed by atoms with E-state index in [9.17, 15) is 8.42 Å². The normalized spacial score (nSPS) is 10.7. The Hall–Kier alpha value is -2.46. The molecule has 0 fully saturated rings. The van der Waals surface area contributed by atoms with E-state index in [-0.39, 0.29) is 10.6 Å². The van der Waals surface area contributed by atoms with Gasteiger partial charge in [0, 0.05) is 12.4 Å². The zero-order chi connectivity index (χ0) is 13.9. The Morgan fingerprint density at radius 1 is 1.26 bits per heavy atom. The Bertz CT molecular complexity index is 733. The summed E-state index contributed by atoms with van der Waals surface area (Å²) >= 11 is 0. The third-order valence-electron chi connectivity index (χ3n) is 2.41. The van der Waals surface area contributed by atoms with Gasteiger partial charge in [-0.05, 0) is 31.2 Å². The molecular formula is C12H10N4O2S. The minimum absolute atomic E-state index is 0.00486. The third-order valence-corrected chi connectivity index (χ3v) is 3.76. The topological polar surface area (TPSA) is 95.7 Å². The van der Waals surface area contributed by atoms with E-state index in [4.69, 9.17) is 5.26 Å². The number of rotatable bonds is 3. The van der Waals surface area contributed by atoms with Gasteiger partial charge in [-0.2, -0.15) is 5.26 Å². The smallest absolute Gasteiger partial charge is 0.263 e. The molecule has 0 bridgehead atoms. The zero-order valence-electron chi connectivity index (χ0n) is 10.0. The summed E-state index contributed by atoms with van der Waals surface area (Å²) in [6.45, 7) is 1.70. The molecule has 2 heterocycles. The Kier molecular flexibility index (Phi) is 3.44. The Morgan fingerprint density at radius 3 is 2.63 bits per heavy atom. The highest BCUT2D eigenvalue weighted by Crippen LogP contribution is 2.17. The van der Waals surface area contributed by atoms with Crippen LogP contribution < -0.4 is 4.72 Å². The molecule has 0 atom stereocenters. The van der Waals surface area contributed by atoms with E-state index < -0.39 is 10.0 Å². The second-order valence-corrected chi connectivity index (χ2v) is 5.42. The van der Waals surface area contributed by atoms with Crippen LogP contribution in [0, 0.1) is 18.3 Å². The average molecular weight is 274 g/mol. The van der Waals surface area contributed by atoms with Crippen molar-refractivity contribution < 1.29 is 8.42 Å². The van der Waals surface area contributed by atoms with Gasteiger partial charge in [0.05, 0.1) is 11.4 Å². The molecule has 2 rings (SSSR count). The van der Waals surface area contributed by atoms with Gasteiger partial charge >= 0.3 is 0 Å². The summed E-state index contributed by atoms with van der Waals surface area (Å²) in [4.78, 5) is 7.73. The summed E-state index contributed by atoms with van der Waals surface area (Å²) in [6.07, 6.45) is 2.73. The number of aryl methyl sites for hydroxylation is 1. The van der Waals surface area contributed by atoms with E-state index in [1.165, 1.54) is 12.1 Å². The Morgan fingerprint density at radius 2 is 2.05 bits per heavy atom. The van der Waals surface area contributed by atoms with Crippen LogP contribution in [0.3, 0.4) is 0 Å². The van der Waals surface area contributed by atoms with E-state index in [1.54, 1.807) is 25.3 Å². The number of anilines is 1. The minimum atomic E-state index is -3.72. The van der Waals surface area contributed by atoms with Crippen LogP contribution in [0.5, 0.6) is 0 Å².